The molecule has 0 radical (unpaired) electrons. The van der Waals surface area contributed by atoms with Crippen LogP contribution in [0.15, 0.2) is 42.5 Å². The highest BCUT2D eigenvalue weighted by Crippen LogP contribution is 2.28. The van der Waals surface area contributed by atoms with Crippen molar-refractivity contribution in [1.29, 1.82) is 0 Å². The van der Waals surface area contributed by atoms with Gasteiger partial charge in [-0.1, -0.05) is 12.1 Å². The third-order valence-corrected chi connectivity index (χ3v) is 3.63. The second-order valence-electron chi connectivity index (χ2n) is 5.19. The van der Waals surface area contributed by atoms with Gasteiger partial charge in [-0.3, -0.25) is 0 Å². The lowest BCUT2D eigenvalue weighted by Gasteiger charge is -2.14. The molecule has 0 amide bonds. The third-order valence-electron chi connectivity index (χ3n) is 3.39. The molecule has 0 bridgehead atoms. The molecule has 0 spiro atoms. The summed E-state index contributed by atoms with van der Waals surface area (Å²) in [6.45, 7) is 5.68. The predicted molar refractivity (Wildman–Crippen MR) is 105 cm³/mol. The van der Waals surface area contributed by atoms with Crippen molar-refractivity contribution < 1.29 is 14.2 Å². The predicted octanol–water partition coefficient (Wildman–Crippen LogP) is 3.98. The monoisotopic (exact) mass is 360 g/mol. The van der Waals surface area contributed by atoms with Crippen molar-refractivity contribution in [2.45, 2.75) is 20.4 Å². The van der Waals surface area contributed by atoms with Gasteiger partial charge in [0.1, 0.15) is 5.75 Å². The summed E-state index contributed by atoms with van der Waals surface area (Å²) in [6.07, 6.45) is 0. The van der Waals surface area contributed by atoms with E-state index in [2.05, 4.69) is 10.6 Å². The van der Waals surface area contributed by atoms with Crippen LogP contribution in [0.5, 0.6) is 17.2 Å². The normalized spacial score (nSPS) is 10.0. The summed E-state index contributed by atoms with van der Waals surface area (Å²) in [5.41, 5.74) is 1.93. The summed E-state index contributed by atoms with van der Waals surface area (Å²) in [5, 5.41) is 6.87. The van der Waals surface area contributed by atoms with Crippen molar-refractivity contribution in [2.75, 3.05) is 25.6 Å². The van der Waals surface area contributed by atoms with E-state index < -0.39 is 0 Å². The summed E-state index contributed by atoms with van der Waals surface area (Å²) < 4.78 is 16.4. The van der Waals surface area contributed by atoms with Crippen LogP contribution in [0.3, 0.4) is 0 Å². The molecule has 0 aliphatic rings. The van der Waals surface area contributed by atoms with Crippen LogP contribution < -0.4 is 24.8 Å². The first kappa shape index (κ1) is 18.9. The number of anilines is 1. The van der Waals surface area contributed by atoms with Gasteiger partial charge < -0.3 is 24.8 Å². The van der Waals surface area contributed by atoms with E-state index >= 15 is 0 Å². The molecular formula is C19H24N2O3S. The van der Waals surface area contributed by atoms with Crippen LogP contribution in [0.2, 0.25) is 0 Å². The Labute approximate surface area is 154 Å². The molecule has 2 rings (SSSR count). The number of rotatable bonds is 8. The highest BCUT2D eigenvalue weighted by atomic mass is 32.1. The van der Waals surface area contributed by atoms with Crippen LogP contribution in [-0.2, 0) is 6.54 Å². The summed E-state index contributed by atoms with van der Waals surface area (Å²) >= 11 is 5.35. The van der Waals surface area contributed by atoms with Crippen molar-refractivity contribution in [1.82, 2.24) is 5.32 Å². The third kappa shape index (κ3) is 5.83. The number of nitrogens with one attached hydrogen (secondary N) is 2. The van der Waals surface area contributed by atoms with Gasteiger partial charge in [-0.2, -0.15) is 0 Å². The van der Waals surface area contributed by atoms with Crippen LogP contribution in [-0.4, -0.2) is 25.4 Å². The molecule has 2 N–H and O–H groups in total. The number of benzene rings is 2. The molecule has 5 nitrogen and oxygen atoms in total. The largest absolute Gasteiger partial charge is 0.497 e. The first-order chi connectivity index (χ1) is 12.2. The lowest BCUT2D eigenvalue weighted by atomic mass is 10.2. The summed E-state index contributed by atoms with van der Waals surface area (Å²) in [5.74, 6) is 2.28. The van der Waals surface area contributed by atoms with Gasteiger partial charge >= 0.3 is 0 Å². The van der Waals surface area contributed by atoms with Crippen molar-refractivity contribution in [3.05, 3.63) is 48.0 Å². The van der Waals surface area contributed by atoms with Crippen LogP contribution in [0.4, 0.5) is 5.69 Å². The fourth-order valence-corrected chi connectivity index (χ4v) is 2.45. The second-order valence-corrected chi connectivity index (χ2v) is 5.59. The molecule has 6 heteroatoms. The smallest absolute Gasteiger partial charge is 0.171 e. The van der Waals surface area contributed by atoms with Crippen LogP contribution in [0.25, 0.3) is 0 Å². The Balaban J connectivity index is 1.95. The van der Waals surface area contributed by atoms with E-state index in [1.165, 1.54) is 0 Å². The van der Waals surface area contributed by atoms with Crippen LogP contribution in [0, 0.1) is 0 Å². The SMILES string of the molecule is CCOc1ccc(CNC(=S)Nc2cccc(OC)c2)cc1OCC. The van der Waals surface area contributed by atoms with Crippen molar-refractivity contribution in [2.24, 2.45) is 0 Å². The van der Waals surface area contributed by atoms with Gasteiger partial charge in [-0.15, -0.1) is 0 Å². The first-order valence-corrected chi connectivity index (χ1v) is 8.64. The Kier molecular flexibility index (Phi) is 7.35. The van der Waals surface area contributed by atoms with Gasteiger partial charge in [0.2, 0.25) is 0 Å². The molecule has 0 aliphatic carbocycles. The van der Waals surface area contributed by atoms with Crippen molar-refractivity contribution >= 4 is 23.0 Å². The van der Waals surface area contributed by atoms with Gasteiger partial charge in [0.25, 0.3) is 0 Å². The fraction of sp³-hybridized carbons (Fsp3) is 0.316. The first-order valence-electron chi connectivity index (χ1n) is 8.23. The highest BCUT2D eigenvalue weighted by Gasteiger charge is 2.07. The molecule has 2 aromatic carbocycles. The minimum absolute atomic E-state index is 0.542. The second kappa shape index (κ2) is 9.74. The maximum atomic E-state index is 5.64. The molecule has 0 aromatic heterocycles. The van der Waals surface area contributed by atoms with Crippen LogP contribution in [0.1, 0.15) is 19.4 Å². The van der Waals surface area contributed by atoms with Crippen LogP contribution >= 0.6 is 12.2 Å². The average molecular weight is 360 g/mol. The number of hydrogen-bond acceptors (Lipinski definition) is 4. The lowest BCUT2D eigenvalue weighted by molar-refractivity contribution is 0.287. The molecule has 0 unspecified atom stereocenters. The zero-order valence-electron chi connectivity index (χ0n) is 14.8. The standard InChI is InChI=1S/C19H24N2O3S/c1-4-23-17-10-9-14(11-18(17)24-5-2)13-20-19(25)21-15-7-6-8-16(12-15)22-3/h6-12H,4-5,13H2,1-3H3,(H2,20,21,25). The van der Waals surface area contributed by atoms with E-state index in [4.69, 9.17) is 26.4 Å². The van der Waals surface area contributed by atoms with Gasteiger partial charge in [0.05, 0.1) is 20.3 Å². The zero-order valence-corrected chi connectivity index (χ0v) is 15.6. The molecule has 0 heterocycles. The number of methoxy groups -OCH3 is 1. The molecular weight excluding hydrogens is 336 g/mol. The molecule has 0 fully saturated rings. The quantitative estimate of drug-likeness (QED) is 0.695. The topological polar surface area (TPSA) is 51.8 Å². The van der Waals surface area contributed by atoms with Gasteiger partial charge in [-0.25, -0.2) is 0 Å². The van der Waals surface area contributed by atoms with E-state index in [1.807, 2.05) is 56.3 Å². The van der Waals surface area contributed by atoms with Gasteiger partial charge in [0, 0.05) is 18.3 Å². The molecule has 0 atom stereocenters. The van der Waals surface area contributed by atoms with Crippen molar-refractivity contribution in [3.63, 3.8) is 0 Å². The molecule has 0 aliphatic heterocycles. The maximum Gasteiger partial charge on any atom is 0.171 e. The van der Waals surface area contributed by atoms with E-state index in [0.29, 0.717) is 24.9 Å². The Morgan fingerprint density at radius 3 is 2.48 bits per heavy atom. The van der Waals surface area contributed by atoms with Gasteiger partial charge in [-0.05, 0) is 55.9 Å². The molecule has 0 saturated heterocycles. The molecule has 0 saturated carbocycles. The zero-order chi connectivity index (χ0) is 18.1. The molecule has 134 valence electrons. The molecule has 2 aromatic rings. The number of ether oxygens (including phenoxy) is 3. The Morgan fingerprint density at radius 1 is 1.00 bits per heavy atom. The Hall–Kier alpha value is -2.47. The van der Waals surface area contributed by atoms with E-state index in [9.17, 15) is 0 Å². The lowest BCUT2D eigenvalue weighted by Crippen LogP contribution is -2.27. The van der Waals surface area contributed by atoms with Crippen molar-refractivity contribution in [3.8, 4) is 17.2 Å². The van der Waals surface area contributed by atoms with E-state index in [1.54, 1.807) is 7.11 Å². The Morgan fingerprint density at radius 2 is 1.76 bits per heavy atom. The maximum absolute atomic E-state index is 5.64. The average Bonchev–Trinajstić information content (AvgIpc) is 2.62. The summed E-state index contributed by atoms with van der Waals surface area (Å²) in [4.78, 5) is 0. The Bertz CT molecular complexity index is 707. The van der Waals surface area contributed by atoms with E-state index in [-0.39, 0.29) is 0 Å². The fourth-order valence-electron chi connectivity index (χ4n) is 2.26. The number of hydrogen-bond donors (Lipinski definition) is 2. The highest BCUT2D eigenvalue weighted by molar-refractivity contribution is 7.80. The minimum Gasteiger partial charge on any atom is -0.497 e. The number of thiocarbonyl (C=S) groups is 1. The minimum atomic E-state index is 0.542. The van der Waals surface area contributed by atoms with E-state index in [0.717, 1.165) is 28.5 Å². The summed E-state index contributed by atoms with van der Waals surface area (Å²) in [6, 6.07) is 13.5. The molecule has 25 heavy (non-hydrogen) atoms. The van der Waals surface area contributed by atoms with Gasteiger partial charge in [0.15, 0.2) is 16.6 Å². The summed E-state index contributed by atoms with van der Waals surface area (Å²) in [7, 11) is 1.64.